The third-order valence-corrected chi connectivity index (χ3v) is 7.15. The van der Waals surface area contributed by atoms with Gasteiger partial charge in [-0.2, -0.15) is 17.5 Å². The Morgan fingerprint density at radius 1 is 1.07 bits per heavy atom. The largest absolute Gasteiger partial charge is 0.418 e. The van der Waals surface area contributed by atoms with Crippen LogP contribution in [0, 0.1) is 5.82 Å². The van der Waals surface area contributed by atoms with Crippen molar-refractivity contribution in [1.29, 1.82) is 0 Å². The Labute approximate surface area is 168 Å². The number of hydrogen-bond acceptors (Lipinski definition) is 3. The second-order valence-electron chi connectivity index (χ2n) is 6.52. The summed E-state index contributed by atoms with van der Waals surface area (Å²) in [4.78, 5) is 1.56. The third-order valence-electron chi connectivity index (χ3n) is 4.59. The molecule has 0 bridgehead atoms. The van der Waals surface area contributed by atoms with Crippen LogP contribution in [0.15, 0.2) is 51.8 Å². The van der Waals surface area contributed by atoms with Gasteiger partial charge in [0.15, 0.2) is 0 Å². The standard InChI is InChI=1S/C18H17BrF4N2O2S/c1-12-11-24(17-7-4-14(20)10-16(17)18(21,22)23)8-9-25(12)28(26,27)15-5-2-13(19)3-6-15/h2-7,10,12H,8-9,11H2,1H3/t12-/m1/s1. The number of hydrogen-bond donors (Lipinski definition) is 0. The van der Waals surface area contributed by atoms with E-state index < -0.39 is 33.6 Å². The van der Waals surface area contributed by atoms with Crippen LogP contribution in [0.2, 0.25) is 0 Å². The van der Waals surface area contributed by atoms with E-state index >= 15 is 0 Å². The molecule has 1 heterocycles. The van der Waals surface area contributed by atoms with Crippen LogP contribution in [0.4, 0.5) is 23.2 Å². The monoisotopic (exact) mass is 480 g/mol. The van der Waals surface area contributed by atoms with Gasteiger partial charge in [-0.05, 0) is 49.4 Å². The fourth-order valence-electron chi connectivity index (χ4n) is 3.27. The summed E-state index contributed by atoms with van der Waals surface area (Å²) < 4.78 is 81.0. The highest BCUT2D eigenvalue weighted by atomic mass is 79.9. The number of alkyl halides is 3. The SMILES string of the molecule is C[C@@H]1CN(c2ccc(F)cc2C(F)(F)F)CCN1S(=O)(=O)c1ccc(Br)cc1. The molecule has 2 aromatic carbocycles. The molecule has 0 radical (unpaired) electrons. The lowest BCUT2D eigenvalue weighted by molar-refractivity contribution is -0.137. The van der Waals surface area contributed by atoms with Crippen LogP contribution in [-0.4, -0.2) is 38.4 Å². The van der Waals surface area contributed by atoms with Gasteiger partial charge in [0.2, 0.25) is 10.0 Å². The maximum atomic E-state index is 13.3. The van der Waals surface area contributed by atoms with E-state index in [1.807, 2.05) is 0 Å². The molecule has 1 aliphatic rings. The zero-order valence-corrected chi connectivity index (χ0v) is 17.2. The normalized spacial score (nSPS) is 19.1. The summed E-state index contributed by atoms with van der Waals surface area (Å²) in [5.74, 6) is -0.972. The first-order valence-corrected chi connectivity index (χ1v) is 10.6. The molecule has 0 saturated carbocycles. The first-order chi connectivity index (χ1) is 13.0. The highest BCUT2D eigenvalue weighted by molar-refractivity contribution is 9.10. The molecule has 0 unspecified atom stereocenters. The Morgan fingerprint density at radius 2 is 1.71 bits per heavy atom. The van der Waals surface area contributed by atoms with E-state index in [1.165, 1.54) is 21.3 Å². The number of nitrogens with zero attached hydrogens (tertiary/aromatic N) is 2. The van der Waals surface area contributed by atoms with E-state index in [4.69, 9.17) is 0 Å². The van der Waals surface area contributed by atoms with Gasteiger partial charge in [-0.15, -0.1) is 0 Å². The van der Waals surface area contributed by atoms with Crippen LogP contribution in [0.25, 0.3) is 0 Å². The summed E-state index contributed by atoms with van der Waals surface area (Å²) in [6.45, 7) is 1.78. The van der Waals surface area contributed by atoms with Gasteiger partial charge >= 0.3 is 6.18 Å². The molecule has 1 fully saturated rings. The van der Waals surface area contributed by atoms with Crippen molar-refractivity contribution in [3.8, 4) is 0 Å². The van der Waals surface area contributed by atoms with E-state index in [0.29, 0.717) is 6.07 Å². The summed E-state index contributed by atoms with van der Waals surface area (Å²) in [5.41, 5.74) is -1.22. The van der Waals surface area contributed by atoms with E-state index in [0.717, 1.165) is 16.6 Å². The van der Waals surface area contributed by atoms with Gasteiger partial charge in [0.25, 0.3) is 0 Å². The van der Waals surface area contributed by atoms with Crippen LogP contribution < -0.4 is 4.90 Å². The fraction of sp³-hybridized carbons (Fsp3) is 0.333. The third kappa shape index (κ3) is 4.18. The van der Waals surface area contributed by atoms with E-state index in [1.54, 1.807) is 19.1 Å². The number of halogens is 5. The Hall–Kier alpha value is -1.65. The molecule has 152 valence electrons. The Morgan fingerprint density at radius 3 is 2.29 bits per heavy atom. The molecule has 3 rings (SSSR count). The van der Waals surface area contributed by atoms with Crippen molar-refractivity contribution in [3.05, 3.63) is 58.3 Å². The number of rotatable bonds is 3. The lowest BCUT2D eigenvalue weighted by Crippen LogP contribution is -2.54. The number of sulfonamides is 1. The lowest BCUT2D eigenvalue weighted by Gasteiger charge is -2.40. The van der Waals surface area contributed by atoms with E-state index in [9.17, 15) is 26.0 Å². The smallest absolute Gasteiger partial charge is 0.368 e. The molecular formula is C18H17BrF4N2O2S. The zero-order valence-electron chi connectivity index (χ0n) is 14.7. The highest BCUT2D eigenvalue weighted by Gasteiger charge is 2.38. The quantitative estimate of drug-likeness (QED) is 0.607. The Bertz CT molecular complexity index is 965. The molecule has 0 amide bonds. The van der Waals surface area contributed by atoms with Crippen LogP contribution in [0.3, 0.4) is 0 Å². The first kappa shape index (κ1) is 21.1. The molecule has 1 atom stereocenters. The average molecular weight is 481 g/mol. The number of anilines is 1. The average Bonchev–Trinajstić information content (AvgIpc) is 2.61. The minimum absolute atomic E-state index is 0.0221. The van der Waals surface area contributed by atoms with Crippen molar-refractivity contribution >= 4 is 31.6 Å². The summed E-state index contributed by atoms with van der Waals surface area (Å²) in [6, 6.07) is 8.13. The molecule has 0 spiro atoms. The van der Waals surface area contributed by atoms with Crippen molar-refractivity contribution in [1.82, 2.24) is 4.31 Å². The van der Waals surface area contributed by atoms with Crippen molar-refractivity contribution in [2.45, 2.75) is 24.0 Å². The van der Waals surface area contributed by atoms with Gasteiger partial charge in [0.1, 0.15) is 5.82 Å². The van der Waals surface area contributed by atoms with Gasteiger partial charge in [-0.25, -0.2) is 12.8 Å². The predicted molar refractivity (Wildman–Crippen MR) is 101 cm³/mol. The zero-order chi connectivity index (χ0) is 20.7. The van der Waals surface area contributed by atoms with Crippen LogP contribution in [0.1, 0.15) is 12.5 Å². The van der Waals surface area contributed by atoms with E-state index in [-0.39, 0.29) is 30.2 Å². The van der Waals surface area contributed by atoms with Gasteiger partial charge in [0.05, 0.1) is 10.5 Å². The molecule has 1 aliphatic heterocycles. The molecular weight excluding hydrogens is 464 g/mol. The lowest BCUT2D eigenvalue weighted by atomic mass is 10.1. The molecule has 2 aromatic rings. The van der Waals surface area contributed by atoms with Crippen LogP contribution in [0.5, 0.6) is 0 Å². The number of piperazine rings is 1. The molecule has 10 heteroatoms. The molecule has 0 aliphatic carbocycles. The molecule has 4 nitrogen and oxygen atoms in total. The number of benzene rings is 2. The van der Waals surface area contributed by atoms with Gasteiger partial charge in [-0.3, -0.25) is 0 Å². The maximum absolute atomic E-state index is 13.3. The van der Waals surface area contributed by atoms with Gasteiger partial charge in [0, 0.05) is 35.8 Å². The molecule has 0 N–H and O–H groups in total. The first-order valence-electron chi connectivity index (χ1n) is 8.39. The predicted octanol–water partition coefficient (Wildman–Crippen LogP) is 4.51. The fourth-order valence-corrected chi connectivity index (χ4v) is 5.15. The highest BCUT2D eigenvalue weighted by Crippen LogP contribution is 2.38. The maximum Gasteiger partial charge on any atom is 0.418 e. The second kappa shape index (κ2) is 7.64. The van der Waals surface area contributed by atoms with Gasteiger partial charge < -0.3 is 4.90 Å². The summed E-state index contributed by atoms with van der Waals surface area (Å²) in [6.07, 6.45) is -4.71. The van der Waals surface area contributed by atoms with Crippen molar-refractivity contribution in [3.63, 3.8) is 0 Å². The molecule has 28 heavy (non-hydrogen) atoms. The van der Waals surface area contributed by atoms with Crippen LogP contribution in [-0.2, 0) is 16.2 Å². The Balaban J connectivity index is 1.86. The second-order valence-corrected chi connectivity index (χ2v) is 9.33. The van der Waals surface area contributed by atoms with Crippen LogP contribution >= 0.6 is 15.9 Å². The molecule has 1 saturated heterocycles. The topological polar surface area (TPSA) is 40.6 Å². The van der Waals surface area contributed by atoms with Crippen molar-refractivity contribution in [2.24, 2.45) is 0 Å². The minimum Gasteiger partial charge on any atom is -0.368 e. The molecule has 0 aromatic heterocycles. The van der Waals surface area contributed by atoms with Crippen molar-refractivity contribution in [2.75, 3.05) is 24.5 Å². The summed E-state index contributed by atoms with van der Waals surface area (Å²) in [7, 11) is -3.78. The van der Waals surface area contributed by atoms with E-state index in [2.05, 4.69) is 15.9 Å². The minimum atomic E-state index is -4.71. The van der Waals surface area contributed by atoms with Crippen molar-refractivity contribution < 1.29 is 26.0 Å². The Kier molecular flexibility index (Phi) is 5.75. The summed E-state index contributed by atoms with van der Waals surface area (Å²) >= 11 is 3.25. The van der Waals surface area contributed by atoms with Gasteiger partial charge in [-0.1, -0.05) is 15.9 Å². The summed E-state index contributed by atoms with van der Waals surface area (Å²) in [5, 5.41) is 0.